The van der Waals surface area contributed by atoms with E-state index in [1.165, 1.54) is 0 Å². The van der Waals surface area contributed by atoms with Gasteiger partial charge in [-0.1, -0.05) is 30.7 Å². The van der Waals surface area contributed by atoms with Crippen molar-refractivity contribution in [3.63, 3.8) is 0 Å². The first kappa shape index (κ1) is 23.6. The van der Waals surface area contributed by atoms with E-state index in [0.717, 1.165) is 49.1 Å². The van der Waals surface area contributed by atoms with E-state index >= 15 is 0 Å². The monoisotopic (exact) mass is 439 g/mol. The molecule has 2 amide bonds. The Morgan fingerprint density at radius 1 is 0.969 bits per heavy atom. The first-order valence-electron chi connectivity index (χ1n) is 11.2. The smallest absolute Gasteiger partial charge is 0.237 e. The van der Waals surface area contributed by atoms with Gasteiger partial charge in [-0.05, 0) is 67.6 Å². The minimum absolute atomic E-state index is 0.0190. The van der Waals surface area contributed by atoms with Crippen LogP contribution in [0, 0.1) is 0 Å². The van der Waals surface area contributed by atoms with Crippen LogP contribution in [0.25, 0.3) is 0 Å². The Morgan fingerprint density at radius 2 is 1.59 bits per heavy atom. The van der Waals surface area contributed by atoms with Crippen LogP contribution in [-0.4, -0.2) is 61.2 Å². The summed E-state index contributed by atoms with van der Waals surface area (Å²) in [4.78, 5) is 27.2. The van der Waals surface area contributed by atoms with Crippen molar-refractivity contribution in [3.8, 4) is 11.5 Å². The summed E-state index contributed by atoms with van der Waals surface area (Å²) in [7, 11) is 1.64. The fraction of sp³-hybridized carbons (Fsp3) is 0.440. The molecule has 0 unspecified atom stereocenters. The van der Waals surface area contributed by atoms with E-state index in [-0.39, 0.29) is 30.2 Å². The summed E-state index contributed by atoms with van der Waals surface area (Å²) >= 11 is 0. The maximum Gasteiger partial charge on any atom is 0.237 e. The van der Waals surface area contributed by atoms with Crippen LogP contribution in [0.2, 0.25) is 0 Å². The summed E-state index contributed by atoms with van der Waals surface area (Å²) in [6.45, 7) is 2.07. The molecule has 172 valence electrons. The molecule has 0 spiro atoms. The number of hydrogen-bond donors (Lipinski definition) is 3. The molecule has 1 fully saturated rings. The van der Waals surface area contributed by atoms with Crippen LogP contribution in [0.15, 0.2) is 48.5 Å². The number of benzene rings is 2. The molecule has 0 radical (unpaired) electrons. The van der Waals surface area contributed by atoms with Crippen molar-refractivity contribution >= 4 is 11.8 Å². The second-order valence-electron chi connectivity index (χ2n) is 8.14. The van der Waals surface area contributed by atoms with Crippen LogP contribution >= 0.6 is 0 Å². The predicted molar refractivity (Wildman–Crippen MR) is 124 cm³/mol. The summed E-state index contributed by atoms with van der Waals surface area (Å²) in [6, 6.07) is 14.5. The average molecular weight is 440 g/mol. The van der Waals surface area contributed by atoms with Crippen LogP contribution in [-0.2, 0) is 22.4 Å². The quantitative estimate of drug-likeness (QED) is 0.528. The standard InChI is InChI=1S/C25H33N3O4/c1-32-22-11-7-20(8-12-22)13-15-26-24(30)18-28-17-3-2-4-23(28)25(31)27-16-14-19-5-9-21(29)10-6-19/h5-12,23,29H,2-4,13-18H2,1H3,(H,26,30)(H,27,31)/t23-/m0/s1. The van der Waals surface area contributed by atoms with Gasteiger partial charge in [-0.2, -0.15) is 0 Å². The molecule has 1 atom stereocenters. The van der Waals surface area contributed by atoms with E-state index in [1.807, 2.05) is 41.3 Å². The van der Waals surface area contributed by atoms with E-state index in [0.29, 0.717) is 19.5 Å². The molecule has 7 heteroatoms. The third-order valence-corrected chi connectivity index (χ3v) is 5.81. The third-order valence-electron chi connectivity index (χ3n) is 5.81. The molecule has 2 aromatic carbocycles. The highest BCUT2D eigenvalue weighted by Crippen LogP contribution is 2.17. The fourth-order valence-corrected chi connectivity index (χ4v) is 3.97. The molecule has 1 aliphatic rings. The second-order valence-corrected chi connectivity index (χ2v) is 8.14. The van der Waals surface area contributed by atoms with E-state index in [1.54, 1.807) is 19.2 Å². The Hall–Kier alpha value is -3.06. The molecular formula is C25H33N3O4. The summed E-state index contributed by atoms with van der Waals surface area (Å²) < 4.78 is 5.16. The third kappa shape index (κ3) is 7.27. The first-order valence-corrected chi connectivity index (χ1v) is 11.2. The zero-order valence-electron chi connectivity index (χ0n) is 18.7. The molecule has 1 saturated heterocycles. The molecule has 3 N–H and O–H groups in total. The number of carbonyl (C=O) groups is 2. The predicted octanol–water partition coefficient (Wildman–Crippen LogP) is 2.27. The number of carbonyl (C=O) groups excluding carboxylic acids is 2. The number of ether oxygens (including phenoxy) is 1. The van der Waals surface area contributed by atoms with Gasteiger partial charge in [0, 0.05) is 13.1 Å². The Kier molecular flexibility index (Phi) is 8.92. The van der Waals surface area contributed by atoms with Gasteiger partial charge in [0.15, 0.2) is 0 Å². The van der Waals surface area contributed by atoms with Crippen LogP contribution in [0.5, 0.6) is 11.5 Å². The summed E-state index contributed by atoms with van der Waals surface area (Å²) in [5.74, 6) is 0.977. The van der Waals surface area contributed by atoms with Crippen LogP contribution in [0.4, 0.5) is 0 Å². The van der Waals surface area contributed by atoms with Gasteiger partial charge in [0.1, 0.15) is 11.5 Å². The zero-order valence-corrected chi connectivity index (χ0v) is 18.7. The highest BCUT2D eigenvalue weighted by molar-refractivity contribution is 5.83. The van der Waals surface area contributed by atoms with Gasteiger partial charge in [-0.15, -0.1) is 0 Å². The number of amides is 2. The average Bonchev–Trinajstić information content (AvgIpc) is 2.81. The summed E-state index contributed by atoms with van der Waals surface area (Å²) in [6.07, 6.45) is 4.20. The van der Waals surface area contributed by atoms with Gasteiger partial charge in [-0.25, -0.2) is 0 Å². The Labute approximate surface area is 189 Å². The molecular weight excluding hydrogens is 406 g/mol. The van der Waals surface area contributed by atoms with Crippen molar-refractivity contribution in [1.82, 2.24) is 15.5 Å². The number of rotatable bonds is 10. The van der Waals surface area contributed by atoms with E-state index in [4.69, 9.17) is 4.74 Å². The summed E-state index contributed by atoms with van der Waals surface area (Å²) in [5, 5.41) is 15.3. The number of methoxy groups -OCH3 is 1. The van der Waals surface area contributed by atoms with Gasteiger partial charge in [0.2, 0.25) is 11.8 Å². The lowest BCUT2D eigenvalue weighted by Crippen LogP contribution is -2.52. The molecule has 1 aliphatic heterocycles. The minimum atomic E-state index is -0.268. The Bertz CT molecular complexity index is 868. The van der Waals surface area contributed by atoms with Crippen molar-refractivity contribution in [2.45, 2.75) is 38.1 Å². The SMILES string of the molecule is COc1ccc(CCNC(=O)CN2CCCC[C@H]2C(=O)NCCc2ccc(O)cc2)cc1. The minimum Gasteiger partial charge on any atom is -0.508 e. The number of hydrogen-bond acceptors (Lipinski definition) is 5. The molecule has 1 heterocycles. The molecule has 3 rings (SSSR count). The number of aromatic hydroxyl groups is 1. The number of phenolic OH excluding ortho intramolecular Hbond substituents is 1. The number of nitrogens with zero attached hydrogens (tertiary/aromatic N) is 1. The molecule has 0 saturated carbocycles. The van der Waals surface area contributed by atoms with Crippen molar-refractivity contribution in [3.05, 3.63) is 59.7 Å². The molecule has 0 aliphatic carbocycles. The van der Waals surface area contributed by atoms with Gasteiger partial charge >= 0.3 is 0 Å². The second kappa shape index (κ2) is 12.1. The normalized spacial score (nSPS) is 16.3. The van der Waals surface area contributed by atoms with Crippen LogP contribution in [0.1, 0.15) is 30.4 Å². The zero-order chi connectivity index (χ0) is 22.8. The van der Waals surface area contributed by atoms with Crippen molar-refractivity contribution in [1.29, 1.82) is 0 Å². The maximum atomic E-state index is 12.8. The van der Waals surface area contributed by atoms with E-state index in [2.05, 4.69) is 10.6 Å². The molecule has 0 bridgehead atoms. The number of piperidine rings is 1. The summed E-state index contributed by atoms with van der Waals surface area (Å²) in [5.41, 5.74) is 2.19. The molecule has 32 heavy (non-hydrogen) atoms. The number of phenols is 1. The van der Waals surface area contributed by atoms with Crippen LogP contribution < -0.4 is 15.4 Å². The molecule has 2 aromatic rings. The molecule has 0 aromatic heterocycles. The Morgan fingerprint density at radius 3 is 2.25 bits per heavy atom. The lowest BCUT2D eigenvalue weighted by Gasteiger charge is -2.34. The van der Waals surface area contributed by atoms with Gasteiger partial charge in [0.05, 0.1) is 19.7 Å². The van der Waals surface area contributed by atoms with Crippen molar-refractivity contribution in [2.75, 3.05) is 33.3 Å². The van der Waals surface area contributed by atoms with E-state index in [9.17, 15) is 14.7 Å². The fourth-order valence-electron chi connectivity index (χ4n) is 3.97. The number of likely N-dealkylation sites (tertiary alicyclic amines) is 1. The van der Waals surface area contributed by atoms with Crippen molar-refractivity contribution in [2.24, 2.45) is 0 Å². The van der Waals surface area contributed by atoms with Gasteiger partial charge in [0.25, 0.3) is 0 Å². The van der Waals surface area contributed by atoms with Crippen LogP contribution in [0.3, 0.4) is 0 Å². The lowest BCUT2D eigenvalue weighted by atomic mass is 10.0. The van der Waals surface area contributed by atoms with E-state index < -0.39 is 0 Å². The van der Waals surface area contributed by atoms with Gasteiger partial charge in [-0.3, -0.25) is 14.5 Å². The Balaban J connectivity index is 1.41. The van der Waals surface area contributed by atoms with Gasteiger partial charge < -0.3 is 20.5 Å². The first-order chi connectivity index (χ1) is 15.5. The molecule has 7 nitrogen and oxygen atoms in total. The highest BCUT2D eigenvalue weighted by atomic mass is 16.5. The number of nitrogens with one attached hydrogen (secondary N) is 2. The highest BCUT2D eigenvalue weighted by Gasteiger charge is 2.29. The topological polar surface area (TPSA) is 90.9 Å². The maximum absolute atomic E-state index is 12.8. The largest absolute Gasteiger partial charge is 0.508 e. The van der Waals surface area contributed by atoms with Crippen molar-refractivity contribution < 1.29 is 19.4 Å². The lowest BCUT2D eigenvalue weighted by molar-refractivity contribution is -0.130.